The molecule has 0 atom stereocenters. The Balaban J connectivity index is 2.24. The van der Waals surface area contributed by atoms with E-state index in [4.69, 9.17) is 11.6 Å². The number of carbonyl (C=O) groups excluding carboxylic acids is 1. The lowest BCUT2D eigenvalue weighted by Crippen LogP contribution is -2.32. The summed E-state index contributed by atoms with van der Waals surface area (Å²) in [5.74, 6) is 0.0696. The highest BCUT2D eigenvalue weighted by Gasteiger charge is 2.16. The Kier molecular flexibility index (Phi) is 4.27. The van der Waals surface area contributed by atoms with Gasteiger partial charge in [-0.2, -0.15) is 0 Å². The van der Waals surface area contributed by atoms with Crippen molar-refractivity contribution in [2.75, 3.05) is 7.05 Å². The van der Waals surface area contributed by atoms with E-state index in [9.17, 15) is 4.79 Å². The van der Waals surface area contributed by atoms with Crippen molar-refractivity contribution in [1.29, 1.82) is 0 Å². The molecular formula is C15H16ClNOS. The van der Waals surface area contributed by atoms with Gasteiger partial charge < -0.3 is 4.90 Å². The highest BCUT2D eigenvalue weighted by atomic mass is 35.5. The smallest absolute Gasteiger partial charge is 0.263 e. The van der Waals surface area contributed by atoms with Crippen LogP contribution in [0.15, 0.2) is 36.4 Å². The lowest BCUT2D eigenvalue weighted by atomic mass is 10.2. The highest BCUT2D eigenvalue weighted by Crippen LogP contribution is 2.29. The minimum atomic E-state index is 0.0696. The molecule has 2 aromatic rings. The van der Waals surface area contributed by atoms with Gasteiger partial charge in [0.2, 0.25) is 0 Å². The fourth-order valence-electron chi connectivity index (χ4n) is 1.63. The predicted molar refractivity (Wildman–Crippen MR) is 82.0 cm³/mol. The van der Waals surface area contributed by atoms with Crippen LogP contribution >= 0.6 is 22.9 Å². The molecule has 2 rings (SSSR count). The molecule has 0 spiro atoms. The first-order valence-electron chi connectivity index (χ1n) is 6.12. The number of benzene rings is 1. The Hall–Kier alpha value is -1.32. The van der Waals surface area contributed by atoms with E-state index >= 15 is 0 Å². The molecule has 0 N–H and O–H groups in total. The lowest BCUT2D eigenvalue weighted by Gasteiger charge is -2.20. The van der Waals surface area contributed by atoms with Crippen molar-refractivity contribution in [2.24, 2.45) is 0 Å². The summed E-state index contributed by atoms with van der Waals surface area (Å²) in [6.45, 7) is 4.01. The number of hydrogen-bond acceptors (Lipinski definition) is 2. The SMILES string of the molecule is CC(C)N(C)C(=O)c1ccc(-c2ccc(Cl)cc2)s1. The first-order valence-corrected chi connectivity index (χ1v) is 7.31. The number of halogens is 1. The average Bonchev–Trinajstić information content (AvgIpc) is 2.87. The monoisotopic (exact) mass is 293 g/mol. The van der Waals surface area contributed by atoms with Gasteiger partial charge in [-0.25, -0.2) is 0 Å². The van der Waals surface area contributed by atoms with E-state index in [1.54, 1.807) is 4.90 Å². The van der Waals surface area contributed by atoms with Crippen LogP contribution in [0.3, 0.4) is 0 Å². The molecule has 1 heterocycles. The van der Waals surface area contributed by atoms with Crippen molar-refractivity contribution in [3.63, 3.8) is 0 Å². The first kappa shape index (κ1) is 14.1. The van der Waals surface area contributed by atoms with Gasteiger partial charge in [0, 0.05) is 23.0 Å². The third kappa shape index (κ3) is 3.17. The van der Waals surface area contributed by atoms with Gasteiger partial charge in [0.25, 0.3) is 5.91 Å². The van der Waals surface area contributed by atoms with E-state index in [-0.39, 0.29) is 11.9 Å². The second kappa shape index (κ2) is 5.76. The third-order valence-electron chi connectivity index (χ3n) is 3.04. The predicted octanol–water partition coefficient (Wildman–Crippen LogP) is 4.55. The molecule has 0 radical (unpaired) electrons. The van der Waals surface area contributed by atoms with Crippen molar-refractivity contribution < 1.29 is 4.79 Å². The summed E-state index contributed by atoms with van der Waals surface area (Å²) < 4.78 is 0. The van der Waals surface area contributed by atoms with Crippen LogP contribution in [-0.2, 0) is 0 Å². The maximum atomic E-state index is 12.2. The maximum Gasteiger partial charge on any atom is 0.263 e. The maximum absolute atomic E-state index is 12.2. The van der Waals surface area contributed by atoms with E-state index in [1.807, 2.05) is 57.3 Å². The average molecular weight is 294 g/mol. The molecule has 0 aliphatic carbocycles. The van der Waals surface area contributed by atoms with E-state index in [0.717, 1.165) is 20.3 Å². The van der Waals surface area contributed by atoms with Crippen molar-refractivity contribution in [3.05, 3.63) is 46.3 Å². The minimum Gasteiger partial charge on any atom is -0.339 e. The highest BCUT2D eigenvalue weighted by molar-refractivity contribution is 7.17. The van der Waals surface area contributed by atoms with Gasteiger partial charge in [0.15, 0.2) is 0 Å². The molecule has 4 heteroatoms. The number of thiophene rings is 1. The van der Waals surface area contributed by atoms with Crippen LogP contribution in [0.2, 0.25) is 5.02 Å². The van der Waals surface area contributed by atoms with Crippen LogP contribution < -0.4 is 0 Å². The van der Waals surface area contributed by atoms with Gasteiger partial charge in [0.05, 0.1) is 4.88 Å². The second-order valence-corrected chi connectivity index (χ2v) is 6.20. The summed E-state index contributed by atoms with van der Waals surface area (Å²) in [6.07, 6.45) is 0. The lowest BCUT2D eigenvalue weighted by molar-refractivity contribution is 0.0760. The Labute approximate surface area is 122 Å². The van der Waals surface area contributed by atoms with Gasteiger partial charge in [-0.3, -0.25) is 4.79 Å². The van der Waals surface area contributed by atoms with Gasteiger partial charge in [-0.05, 0) is 43.7 Å². The topological polar surface area (TPSA) is 20.3 Å². The minimum absolute atomic E-state index is 0.0696. The van der Waals surface area contributed by atoms with Crippen LogP contribution in [0.4, 0.5) is 0 Å². The molecule has 100 valence electrons. The standard InChI is InChI=1S/C15H16ClNOS/c1-10(2)17(3)15(18)14-9-8-13(19-14)11-4-6-12(16)7-5-11/h4-10H,1-3H3. The van der Waals surface area contributed by atoms with Gasteiger partial charge >= 0.3 is 0 Å². The third-order valence-corrected chi connectivity index (χ3v) is 4.41. The molecule has 0 saturated heterocycles. The van der Waals surface area contributed by atoms with Gasteiger partial charge in [-0.15, -0.1) is 11.3 Å². The molecule has 0 bridgehead atoms. The number of rotatable bonds is 3. The summed E-state index contributed by atoms with van der Waals surface area (Å²) in [4.78, 5) is 15.8. The summed E-state index contributed by atoms with van der Waals surface area (Å²) >= 11 is 7.39. The number of carbonyl (C=O) groups is 1. The van der Waals surface area contributed by atoms with Crippen molar-refractivity contribution >= 4 is 28.8 Å². The zero-order valence-electron chi connectivity index (χ0n) is 11.2. The van der Waals surface area contributed by atoms with E-state index < -0.39 is 0 Å². The Morgan fingerprint density at radius 1 is 1.16 bits per heavy atom. The molecule has 0 fully saturated rings. The van der Waals surface area contributed by atoms with Crippen molar-refractivity contribution in [3.8, 4) is 10.4 Å². The normalized spacial score (nSPS) is 10.8. The summed E-state index contributed by atoms with van der Waals surface area (Å²) in [7, 11) is 1.83. The molecular weight excluding hydrogens is 278 g/mol. The fraction of sp³-hybridized carbons (Fsp3) is 0.267. The Bertz CT molecular complexity index is 574. The molecule has 1 aromatic heterocycles. The van der Waals surface area contributed by atoms with Gasteiger partial charge in [-0.1, -0.05) is 23.7 Å². The van der Waals surface area contributed by atoms with Gasteiger partial charge in [0.1, 0.15) is 0 Å². The largest absolute Gasteiger partial charge is 0.339 e. The Morgan fingerprint density at radius 2 is 1.79 bits per heavy atom. The molecule has 0 aliphatic rings. The van der Waals surface area contributed by atoms with Crippen LogP contribution in [0.1, 0.15) is 23.5 Å². The second-order valence-electron chi connectivity index (χ2n) is 4.68. The van der Waals surface area contributed by atoms with E-state index in [1.165, 1.54) is 11.3 Å². The summed E-state index contributed by atoms with van der Waals surface area (Å²) in [6, 6.07) is 11.7. The zero-order chi connectivity index (χ0) is 14.0. The molecule has 0 unspecified atom stereocenters. The Morgan fingerprint density at radius 3 is 2.37 bits per heavy atom. The van der Waals surface area contributed by atoms with Crippen LogP contribution in [0.5, 0.6) is 0 Å². The van der Waals surface area contributed by atoms with Crippen molar-refractivity contribution in [1.82, 2.24) is 4.90 Å². The fourth-order valence-corrected chi connectivity index (χ4v) is 2.75. The van der Waals surface area contributed by atoms with Crippen LogP contribution in [-0.4, -0.2) is 23.9 Å². The molecule has 0 aliphatic heterocycles. The first-order chi connectivity index (χ1) is 8.99. The van der Waals surface area contributed by atoms with Crippen LogP contribution in [0.25, 0.3) is 10.4 Å². The molecule has 19 heavy (non-hydrogen) atoms. The molecule has 2 nitrogen and oxygen atoms in total. The zero-order valence-corrected chi connectivity index (χ0v) is 12.8. The summed E-state index contributed by atoms with van der Waals surface area (Å²) in [5.41, 5.74) is 1.08. The number of nitrogens with zero attached hydrogens (tertiary/aromatic N) is 1. The quantitative estimate of drug-likeness (QED) is 0.813. The van der Waals surface area contributed by atoms with Crippen LogP contribution in [0, 0.1) is 0 Å². The number of hydrogen-bond donors (Lipinski definition) is 0. The van der Waals surface area contributed by atoms with E-state index in [0.29, 0.717) is 0 Å². The number of amides is 1. The molecule has 1 amide bonds. The van der Waals surface area contributed by atoms with E-state index in [2.05, 4.69) is 0 Å². The molecule has 0 saturated carbocycles. The summed E-state index contributed by atoms with van der Waals surface area (Å²) in [5, 5.41) is 0.719. The molecule has 1 aromatic carbocycles. The van der Waals surface area contributed by atoms with Crippen molar-refractivity contribution in [2.45, 2.75) is 19.9 Å².